The van der Waals surface area contributed by atoms with E-state index in [-0.39, 0.29) is 5.41 Å². The largest absolute Gasteiger partial charge is 0.457 e. The summed E-state index contributed by atoms with van der Waals surface area (Å²) in [6, 6.07) is 25.1. The van der Waals surface area contributed by atoms with Crippen molar-refractivity contribution in [2.75, 3.05) is 11.5 Å². The maximum Gasteiger partial charge on any atom is 0.133 e. The Balaban J connectivity index is 1.07. The quantitative estimate of drug-likeness (QED) is 0.0651. The molecule has 2 fully saturated rings. The van der Waals surface area contributed by atoms with Crippen LogP contribution in [0.2, 0.25) is 0 Å². The molecule has 0 radical (unpaired) electrons. The highest BCUT2D eigenvalue weighted by atomic mass is 16.5. The van der Waals surface area contributed by atoms with Gasteiger partial charge in [-0.05, 0) is 142 Å². The van der Waals surface area contributed by atoms with E-state index in [1.165, 1.54) is 175 Å². The third-order valence-electron chi connectivity index (χ3n) is 14.3. The first-order valence-corrected chi connectivity index (χ1v) is 24.0. The fraction of sp³-hybridized carbons (Fsp3) is 0.564. The van der Waals surface area contributed by atoms with E-state index in [0.717, 1.165) is 40.8 Å². The van der Waals surface area contributed by atoms with Gasteiger partial charge in [0.05, 0.1) is 0 Å². The molecule has 4 aromatic rings. The van der Waals surface area contributed by atoms with Gasteiger partial charge < -0.3 is 20.9 Å². The normalized spacial score (nSPS) is 18.2. The molecule has 0 saturated heterocycles. The van der Waals surface area contributed by atoms with E-state index in [2.05, 4.69) is 58.9 Å². The highest BCUT2D eigenvalue weighted by Crippen LogP contribution is 2.52. The molecule has 0 spiro atoms. The zero-order valence-electron chi connectivity index (χ0n) is 37.7. The van der Waals surface area contributed by atoms with Crippen molar-refractivity contribution in [3.63, 3.8) is 0 Å². The summed E-state index contributed by atoms with van der Waals surface area (Å²) >= 11 is 0. The van der Waals surface area contributed by atoms with Crippen LogP contribution in [0.5, 0.6) is 23.0 Å². The van der Waals surface area contributed by atoms with E-state index >= 15 is 0 Å². The van der Waals surface area contributed by atoms with Crippen molar-refractivity contribution in [2.24, 2.45) is 17.8 Å². The molecule has 0 bridgehead atoms. The molecule has 0 heterocycles. The van der Waals surface area contributed by atoms with Gasteiger partial charge in [-0.1, -0.05) is 146 Å². The lowest BCUT2D eigenvalue weighted by molar-refractivity contribution is 0.140. The summed E-state index contributed by atoms with van der Waals surface area (Å²) in [6.45, 7) is 11.1. The zero-order chi connectivity index (χ0) is 41.6. The Labute approximate surface area is 359 Å². The van der Waals surface area contributed by atoms with E-state index in [0.29, 0.717) is 11.4 Å². The topological polar surface area (TPSA) is 70.5 Å². The van der Waals surface area contributed by atoms with E-state index in [1.54, 1.807) is 0 Å². The summed E-state index contributed by atoms with van der Waals surface area (Å²) in [6.07, 6.45) is 30.9. The van der Waals surface area contributed by atoms with Gasteiger partial charge in [0.25, 0.3) is 0 Å². The molecule has 0 unspecified atom stereocenters. The van der Waals surface area contributed by atoms with Crippen molar-refractivity contribution in [1.82, 2.24) is 0 Å². The van der Waals surface area contributed by atoms with Gasteiger partial charge in [0, 0.05) is 28.9 Å². The van der Waals surface area contributed by atoms with Crippen LogP contribution in [0.15, 0.2) is 72.8 Å². The molecule has 4 nitrogen and oxygen atoms in total. The molecule has 2 saturated carbocycles. The third kappa shape index (κ3) is 12.3. The number of nitrogen functional groups attached to an aromatic ring is 2. The number of ether oxygens (including phenoxy) is 2. The lowest BCUT2D eigenvalue weighted by Gasteiger charge is -2.45. The maximum absolute atomic E-state index is 6.49. The van der Waals surface area contributed by atoms with Crippen LogP contribution >= 0.6 is 0 Å². The fourth-order valence-corrected chi connectivity index (χ4v) is 10.9. The molecule has 2 aliphatic rings. The minimum absolute atomic E-state index is 0.0710. The predicted octanol–water partition coefficient (Wildman–Crippen LogP) is 16.4. The highest BCUT2D eigenvalue weighted by molar-refractivity contribution is 5.55. The first-order chi connectivity index (χ1) is 28.6. The van der Waals surface area contributed by atoms with Gasteiger partial charge in [0.1, 0.15) is 23.0 Å². The van der Waals surface area contributed by atoms with Crippen LogP contribution in [0.25, 0.3) is 0 Å². The molecule has 59 heavy (non-hydrogen) atoms. The molecule has 6 rings (SSSR count). The van der Waals surface area contributed by atoms with Crippen LogP contribution in [0.3, 0.4) is 0 Å². The van der Waals surface area contributed by atoms with Gasteiger partial charge in [-0.2, -0.15) is 0 Å². The van der Waals surface area contributed by atoms with Gasteiger partial charge in [-0.15, -0.1) is 0 Å². The summed E-state index contributed by atoms with van der Waals surface area (Å²) in [4.78, 5) is 0. The van der Waals surface area contributed by atoms with Crippen molar-refractivity contribution in [1.29, 1.82) is 0 Å². The SMILES string of the molecule is CCCCCCCCCCCCCCCC1CCC(C2CCC(c3cc(C)c(Oc4cccc(N)c4)c(C)c3)(c3cc(C)c(Oc4cccc(N)c4)c(C)c3)CC2)CC1. The number of hydrogen-bond acceptors (Lipinski definition) is 4. The second kappa shape index (κ2) is 22.1. The third-order valence-corrected chi connectivity index (χ3v) is 14.3. The molecular weight excluding hydrogens is 721 g/mol. The lowest BCUT2D eigenvalue weighted by Crippen LogP contribution is -2.36. The number of benzene rings is 4. The van der Waals surface area contributed by atoms with E-state index in [9.17, 15) is 0 Å². The number of aryl methyl sites for hydroxylation is 4. The van der Waals surface area contributed by atoms with Crippen molar-refractivity contribution in [3.8, 4) is 23.0 Å². The summed E-state index contributed by atoms with van der Waals surface area (Å²) in [5.41, 5.74) is 21.1. The fourth-order valence-electron chi connectivity index (χ4n) is 10.9. The first-order valence-electron chi connectivity index (χ1n) is 24.0. The first kappa shape index (κ1) is 44.6. The minimum Gasteiger partial charge on any atom is -0.457 e. The number of rotatable bonds is 21. The Morgan fingerprint density at radius 2 is 0.881 bits per heavy atom. The summed E-state index contributed by atoms with van der Waals surface area (Å²) in [5.74, 6) is 6.07. The number of unbranched alkanes of at least 4 members (excludes halogenated alkanes) is 12. The number of nitrogens with two attached hydrogens (primary N) is 2. The predicted molar refractivity (Wildman–Crippen MR) is 252 cm³/mol. The molecule has 4 heteroatoms. The van der Waals surface area contributed by atoms with Crippen LogP contribution in [-0.2, 0) is 5.41 Å². The molecule has 4 aromatic carbocycles. The Kier molecular flexibility index (Phi) is 16.7. The average Bonchev–Trinajstić information content (AvgIpc) is 3.22. The summed E-state index contributed by atoms with van der Waals surface area (Å²) in [7, 11) is 0. The van der Waals surface area contributed by atoms with Gasteiger partial charge in [-0.3, -0.25) is 0 Å². The maximum atomic E-state index is 6.49. The van der Waals surface area contributed by atoms with Crippen LogP contribution in [-0.4, -0.2) is 0 Å². The molecule has 0 atom stereocenters. The molecule has 4 N–H and O–H groups in total. The molecule has 0 aromatic heterocycles. The second-order valence-corrected chi connectivity index (χ2v) is 19.0. The van der Waals surface area contributed by atoms with Gasteiger partial charge in [0.2, 0.25) is 0 Å². The van der Waals surface area contributed by atoms with Gasteiger partial charge in [-0.25, -0.2) is 0 Å². The van der Waals surface area contributed by atoms with Crippen molar-refractivity contribution in [2.45, 2.75) is 181 Å². The van der Waals surface area contributed by atoms with Crippen LogP contribution in [0, 0.1) is 45.4 Å². The Hall–Kier alpha value is -3.92. The molecular formula is C55H78N2O2. The van der Waals surface area contributed by atoms with Gasteiger partial charge in [0.15, 0.2) is 0 Å². The molecule has 0 amide bonds. The van der Waals surface area contributed by atoms with E-state index in [1.807, 2.05) is 48.5 Å². The Morgan fingerprint density at radius 3 is 1.29 bits per heavy atom. The number of anilines is 2. The average molecular weight is 799 g/mol. The standard InChI is InChI=1S/C55H78N2O2/c1-6-7-8-9-10-11-12-13-14-15-16-17-18-21-44-26-28-45(29-27-44)46-30-32-55(33-31-46,47-34-40(2)53(41(3)35-47)58-51-24-19-22-49(56)38-51)48-36-42(4)54(43(5)37-48)59-52-25-20-23-50(57)39-52/h19-20,22-25,34-39,44-46H,6-18,21,26-33,56-57H2,1-5H3. The van der Waals surface area contributed by atoms with Crippen molar-refractivity contribution < 1.29 is 9.47 Å². The molecule has 320 valence electrons. The molecule has 0 aliphatic heterocycles. The molecule has 2 aliphatic carbocycles. The zero-order valence-corrected chi connectivity index (χ0v) is 37.7. The second-order valence-electron chi connectivity index (χ2n) is 19.0. The van der Waals surface area contributed by atoms with E-state index in [4.69, 9.17) is 20.9 Å². The van der Waals surface area contributed by atoms with Crippen molar-refractivity contribution >= 4 is 11.4 Å². The summed E-state index contributed by atoms with van der Waals surface area (Å²) in [5, 5.41) is 0. The highest BCUT2D eigenvalue weighted by Gasteiger charge is 2.42. The monoisotopic (exact) mass is 799 g/mol. The van der Waals surface area contributed by atoms with Crippen LogP contribution < -0.4 is 20.9 Å². The lowest BCUT2D eigenvalue weighted by atomic mass is 9.59. The van der Waals surface area contributed by atoms with Crippen LogP contribution in [0.1, 0.15) is 182 Å². The minimum atomic E-state index is -0.0710. The van der Waals surface area contributed by atoms with Gasteiger partial charge >= 0.3 is 0 Å². The van der Waals surface area contributed by atoms with Crippen molar-refractivity contribution in [3.05, 3.63) is 106 Å². The summed E-state index contributed by atoms with van der Waals surface area (Å²) < 4.78 is 13.0. The van der Waals surface area contributed by atoms with Crippen LogP contribution in [0.4, 0.5) is 11.4 Å². The Bertz CT molecular complexity index is 1750. The number of hydrogen-bond donors (Lipinski definition) is 2. The Morgan fingerprint density at radius 1 is 0.492 bits per heavy atom. The van der Waals surface area contributed by atoms with E-state index < -0.39 is 0 Å². The smallest absolute Gasteiger partial charge is 0.133 e.